The molecule has 0 fully saturated rings. The maximum Gasteiger partial charge on any atom is 0.248 e. The summed E-state index contributed by atoms with van der Waals surface area (Å²) in [6.45, 7) is 4.01. The van der Waals surface area contributed by atoms with Crippen LogP contribution in [0, 0.1) is 0 Å². The highest BCUT2D eigenvalue weighted by atomic mass is 16.3. The Morgan fingerprint density at radius 1 is 1.31 bits per heavy atom. The first-order valence-electron chi connectivity index (χ1n) is 3.58. The van der Waals surface area contributed by atoms with Crippen molar-refractivity contribution < 1.29 is 19.8 Å². The van der Waals surface area contributed by atoms with Crippen LogP contribution in [-0.2, 0) is 9.59 Å². The molecule has 0 radical (unpaired) electrons. The quantitative estimate of drug-likeness (QED) is 0.407. The molecule has 6 nitrogen and oxygen atoms in total. The standard InChI is InChI=1S/C4H9NO2.C3H7NO2/c1-4(2,7)3(5)6;1-2(5)3(4)6/h7H,1-2H3,(H2,5,6);2,5H,1H3,(H2,4,6). The monoisotopic (exact) mass is 192 g/mol. The predicted molar refractivity (Wildman–Crippen MR) is 46.4 cm³/mol. The Morgan fingerprint density at radius 3 is 1.46 bits per heavy atom. The molecule has 6 N–H and O–H groups in total. The molecule has 0 aromatic heterocycles. The second-order valence-electron chi connectivity index (χ2n) is 3.00. The van der Waals surface area contributed by atoms with Crippen LogP contribution in [0.25, 0.3) is 0 Å². The number of carbonyl (C=O) groups is 2. The van der Waals surface area contributed by atoms with Crippen molar-refractivity contribution >= 4 is 11.8 Å². The van der Waals surface area contributed by atoms with Gasteiger partial charge < -0.3 is 21.7 Å². The van der Waals surface area contributed by atoms with Crippen LogP contribution >= 0.6 is 0 Å². The Hall–Kier alpha value is -1.14. The van der Waals surface area contributed by atoms with E-state index in [1.807, 2.05) is 0 Å². The topological polar surface area (TPSA) is 127 Å². The Kier molecular flexibility index (Phi) is 6.08. The molecule has 0 saturated carbocycles. The third kappa shape index (κ3) is 10.9. The van der Waals surface area contributed by atoms with Crippen molar-refractivity contribution in [3.05, 3.63) is 0 Å². The highest BCUT2D eigenvalue weighted by Gasteiger charge is 2.18. The Balaban J connectivity index is 0. The van der Waals surface area contributed by atoms with E-state index in [1.165, 1.54) is 20.8 Å². The van der Waals surface area contributed by atoms with E-state index in [-0.39, 0.29) is 0 Å². The van der Waals surface area contributed by atoms with Crippen molar-refractivity contribution in [1.29, 1.82) is 0 Å². The van der Waals surface area contributed by atoms with Crippen LogP contribution in [0.2, 0.25) is 0 Å². The average Bonchev–Trinajstić information content (AvgIpc) is 1.86. The van der Waals surface area contributed by atoms with E-state index in [0.717, 1.165) is 0 Å². The third-order valence-corrected chi connectivity index (χ3v) is 1.01. The van der Waals surface area contributed by atoms with Gasteiger partial charge in [0.2, 0.25) is 11.8 Å². The fraction of sp³-hybridized carbons (Fsp3) is 0.714. The first-order chi connectivity index (χ1) is 5.59. The lowest BCUT2D eigenvalue weighted by atomic mass is 10.1. The number of hydrogen-bond acceptors (Lipinski definition) is 4. The minimum atomic E-state index is -1.36. The van der Waals surface area contributed by atoms with E-state index < -0.39 is 23.5 Å². The molecule has 0 bridgehead atoms. The number of primary amides is 2. The second-order valence-corrected chi connectivity index (χ2v) is 3.00. The molecule has 0 spiro atoms. The molecule has 0 aliphatic rings. The van der Waals surface area contributed by atoms with E-state index >= 15 is 0 Å². The zero-order chi connectivity index (χ0) is 11.2. The molecule has 0 aliphatic heterocycles. The van der Waals surface area contributed by atoms with Gasteiger partial charge in [0, 0.05) is 0 Å². The Labute approximate surface area is 76.5 Å². The molecule has 0 heterocycles. The molecular formula is C7H16N2O4. The molecule has 0 aliphatic carbocycles. The molecule has 2 amide bonds. The summed E-state index contributed by atoms with van der Waals surface area (Å²) in [5.74, 6) is -1.39. The lowest BCUT2D eigenvalue weighted by Gasteiger charge is -2.09. The molecule has 6 heteroatoms. The normalized spacial score (nSPS) is 12.4. The van der Waals surface area contributed by atoms with E-state index in [2.05, 4.69) is 11.5 Å². The summed E-state index contributed by atoms with van der Waals surface area (Å²) in [5.41, 5.74) is 7.87. The van der Waals surface area contributed by atoms with Gasteiger partial charge in [-0.25, -0.2) is 0 Å². The van der Waals surface area contributed by atoms with Crippen LogP contribution in [-0.4, -0.2) is 33.7 Å². The number of nitrogens with two attached hydrogens (primary N) is 2. The number of carbonyl (C=O) groups excluding carboxylic acids is 2. The summed E-state index contributed by atoms with van der Waals surface area (Å²) >= 11 is 0. The van der Waals surface area contributed by atoms with Gasteiger partial charge in [-0.1, -0.05) is 0 Å². The SMILES string of the molecule is CC(C)(O)C(N)=O.CC(O)C(N)=O. The van der Waals surface area contributed by atoms with Gasteiger partial charge in [0.25, 0.3) is 0 Å². The van der Waals surface area contributed by atoms with Gasteiger partial charge in [0.05, 0.1) is 0 Å². The Morgan fingerprint density at radius 2 is 1.46 bits per heavy atom. The number of aliphatic hydroxyl groups excluding tert-OH is 1. The van der Waals surface area contributed by atoms with Gasteiger partial charge in [-0.2, -0.15) is 0 Å². The van der Waals surface area contributed by atoms with Crippen LogP contribution in [0.15, 0.2) is 0 Å². The van der Waals surface area contributed by atoms with Crippen LogP contribution in [0.4, 0.5) is 0 Å². The molecule has 0 aromatic rings. The van der Waals surface area contributed by atoms with Crippen molar-refractivity contribution in [3.8, 4) is 0 Å². The fourth-order valence-corrected chi connectivity index (χ4v) is 0. The van der Waals surface area contributed by atoms with Crippen LogP contribution in [0.5, 0.6) is 0 Å². The van der Waals surface area contributed by atoms with E-state index in [0.29, 0.717) is 0 Å². The van der Waals surface area contributed by atoms with Gasteiger partial charge in [0.1, 0.15) is 11.7 Å². The van der Waals surface area contributed by atoms with Crippen molar-refractivity contribution in [2.24, 2.45) is 11.5 Å². The fourth-order valence-electron chi connectivity index (χ4n) is 0. The minimum Gasteiger partial charge on any atom is -0.384 e. The molecule has 1 atom stereocenters. The Bertz CT molecular complexity index is 183. The maximum atomic E-state index is 9.99. The van der Waals surface area contributed by atoms with Crippen LogP contribution in [0.3, 0.4) is 0 Å². The van der Waals surface area contributed by atoms with E-state index in [9.17, 15) is 9.59 Å². The average molecular weight is 192 g/mol. The molecule has 13 heavy (non-hydrogen) atoms. The molecule has 0 aromatic carbocycles. The third-order valence-electron chi connectivity index (χ3n) is 1.01. The van der Waals surface area contributed by atoms with E-state index in [4.69, 9.17) is 10.2 Å². The number of rotatable bonds is 2. The van der Waals surface area contributed by atoms with Crippen LogP contribution in [0.1, 0.15) is 20.8 Å². The smallest absolute Gasteiger partial charge is 0.248 e. The van der Waals surface area contributed by atoms with Crippen molar-refractivity contribution in [3.63, 3.8) is 0 Å². The largest absolute Gasteiger partial charge is 0.384 e. The van der Waals surface area contributed by atoms with Gasteiger partial charge in [0.15, 0.2) is 0 Å². The number of amides is 2. The number of hydrogen-bond donors (Lipinski definition) is 4. The summed E-state index contributed by atoms with van der Waals surface area (Å²) < 4.78 is 0. The zero-order valence-corrected chi connectivity index (χ0v) is 7.94. The summed E-state index contributed by atoms with van der Waals surface area (Å²) in [5, 5.41) is 16.8. The minimum absolute atomic E-state index is 0.685. The second kappa shape index (κ2) is 5.50. The van der Waals surface area contributed by atoms with Gasteiger partial charge in [-0.05, 0) is 20.8 Å². The molecule has 0 rings (SSSR count). The predicted octanol–water partition coefficient (Wildman–Crippen LogP) is -1.90. The van der Waals surface area contributed by atoms with Crippen LogP contribution < -0.4 is 11.5 Å². The van der Waals surface area contributed by atoms with Gasteiger partial charge in [-0.15, -0.1) is 0 Å². The van der Waals surface area contributed by atoms with Crippen molar-refractivity contribution in [1.82, 2.24) is 0 Å². The maximum absolute atomic E-state index is 9.99. The van der Waals surface area contributed by atoms with Crippen molar-refractivity contribution in [2.75, 3.05) is 0 Å². The van der Waals surface area contributed by atoms with Gasteiger partial charge >= 0.3 is 0 Å². The summed E-state index contributed by atoms with van der Waals surface area (Å²) in [6.07, 6.45) is -1.01. The molecule has 0 saturated heterocycles. The summed E-state index contributed by atoms with van der Waals surface area (Å²) in [7, 11) is 0. The molecule has 78 valence electrons. The summed E-state index contributed by atoms with van der Waals surface area (Å²) in [4.78, 5) is 19.7. The highest BCUT2D eigenvalue weighted by Crippen LogP contribution is 1.95. The summed E-state index contributed by atoms with van der Waals surface area (Å²) in [6, 6.07) is 0. The van der Waals surface area contributed by atoms with Crippen molar-refractivity contribution in [2.45, 2.75) is 32.5 Å². The molecule has 1 unspecified atom stereocenters. The lowest BCUT2D eigenvalue weighted by molar-refractivity contribution is -0.132. The highest BCUT2D eigenvalue weighted by molar-refractivity contribution is 5.81. The van der Waals surface area contributed by atoms with Gasteiger partial charge in [-0.3, -0.25) is 9.59 Å². The zero-order valence-electron chi connectivity index (χ0n) is 7.94. The first kappa shape index (κ1) is 14.4. The lowest BCUT2D eigenvalue weighted by Crippen LogP contribution is -2.37. The molecular weight excluding hydrogens is 176 g/mol. The number of aliphatic hydroxyl groups is 2. The first-order valence-corrected chi connectivity index (χ1v) is 3.58. The van der Waals surface area contributed by atoms with E-state index in [1.54, 1.807) is 0 Å².